The number of aromatic amines is 1. The Balaban J connectivity index is 1.11. The molecule has 2 atom stereocenters. The summed E-state index contributed by atoms with van der Waals surface area (Å²) in [6.07, 6.45) is 4.06. The Morgan fingerprint density at radius 3 is 2.39 bits per heavy atom. The lowest BCUT2D eigenvalue weighted by Crippen LogP contribution is -2.43. The number of allylic oxidation sites excluding steroid dienone is 1. The van der Waals surface area contributed by atoms with Crippen molar-refractivity contribution in [1.82, 2.24) is 23.3 Å². The van der Waals surface area contributed by atoms with Crippen molar-refractivity contribution in [2.24, 2.45) is 0 Å². The van der Waals surface area contributed by atoms with E-state index < -0.39 is 22.9 Å². The predicted octanol–water partition coefficient (Wildman–Crippen LogP) is 4.23. The third kappa shape index (κ3) is 7.31. The molecule has 2 aliphatic heterocycles. The van der Waals surface area contributed by atoms with Crippen molar-refractivity contribution in [3.05, 3.63) is 107 Å². The molecule has 0 radical (unpaired) electrons. The molecular weight excluding hydrogens is 715 g/mol. The number of amides is 1. The number of fused-ring (bicyclic) bond motifs is 2. The van der Waals surface area contributed by atoms with E-state index in [9.17, 15) is 27.9 Å². The van der Waals surface area contributed by atoms with Crippen molar-refractivity contribution < 1.29 is 37.3 Å². The predicted molar refractivity (Wildman–Crippen MR) is 201 cm³/mol. The lowest BCUT2D eigenvalue weighted by Gasteiger charge is -2.35. The first-order chi connectivity index (χ1) is 26.1. The number of nitrogens with one attached hydrogen (secondary N) is 1. The van der Waals surface area contributed by atoms with Gasteiger partial charge in [0, 0.05) is 63.1 Å². The number of sulfonamides is 1. The molecule has 0 bridgehead atoms. The summed E-state index contributed by atoms with van der Waals surface area (Å²) in [6.45, 7) is 1.56. The van der Waals surface area contributed by atoms with Crippen molar-refractivity contribution in [2.75, 3.05) is 46.5 Å². The molecule has 2 N–H and O–H groups in total. The number of hydrogen-bond donors (Lipinski definition) is 2. The average Bonchev–Trinajstić information content (AvgIpc) is 3.75. The van der Waals surface area contributed by atoms with Crippen LogP contribution in [0.4, 0.5) is 0 Å². The molecule has 2 aromatic heterocycles. The molecule has 4 heterocycles. The Morgan fingerprint density at radius 1 is 0.981 bits per heavy atom. The summed E-state index contributed by atoms with van der Waals surface area (Å²) in [5.74, 6) is -0.258. The van der Waals surface area contributed by atoms with Gasteiger partial charge in [0.05, 0.1) is 41.8 Å². The van der Waals surface area contributed by atoms with E-state index in [1.807, 2.05) is 48.5 Å². The van der Waals surface area contributed by atoms with Gasteiger partial charge in [0.2, 0.25) is 22.2 Å². The number of aliphatic hydroxyl groups excluding tert-OH is 1. The van der Waals surface area contributed by atoms with Crippen LogP contribution < -0.4 is 10.4 Å². The van der Waals surface area contributed by atoms with Gasteiger partial charge >= 0.3 is 5.69 Å². The van der Waals surface area contributed by atoms with Gasteiger partial charge in [-0.25, -0.2) is 13.2 Å². The van der Waals surface area contributed by atoms with Crippen molar-refractivity contribution in [3.8, 4) is 5.75 Å². The number of H-pyrrole nitrogens is 1. The third-order valence-electron chi connectivity index (χ3n) is 10.2. The van der Waals surface area contributed by atoms with Crippen LogP contribution in [0.2, 0.25) is 0 Å². The Hall–Kier alpha value is -5.22. The van der Waals surface area contributed by atoms with Gasteiger partial charge in [-0.2, -0.15) is 4.31 Å². The summed E-state index contributed by atoms with van der Waals surface area (Å²) in [4.78, 5) is 44.3. The number of benzene rings is 3. The smallest absolute Gasteiger partial charge is 0.326 e. The highest BCUT2D eigenvalue weighted by atomic mass is 32.2. The molecule has 0 spiro atoms. The quantitative estimate of drug-likeness (QED) is 0.190. The van der Waals surface area contributed by atoms with Crippen LogP contribution in [0.15, 0.2) is 101 Å². The minimum absolute atomic E-state index is 0.0433. The fourth-order valence-electron chi connectivity index (χ4n) is 7.46. The second-order valence-electron chi connectivity index (χ2n) is 13.4. The van der Waals surface area contributed by atoms with E-state index in [1.165, 1.54) is 26.2 Å². The lowest BCUT2D eigenvalue weighted by molar-refractivity contribution is -0.153. The molecule has 0 saturated carbocycles. The number of hydrogen-bond acceptors (Lipinski definition) is 9. The topological polar surface area (TPSA) is 165 Å². The largest absolute Gasteiger partial charge is 0.497 e. The highest BCUT2D eigenvalue weighted by molar-refractivity contribution is 7.89. The van der Waals surface area contributed by atoms with Gasteiger partial charge in [-0.3, -0.25) is 18.7 Å². The van der Waals surface area contributed by atoms with Gasteiger partial charge in [0.15, 0.2) is 5.76 Å². The van der Waals surface area contributed by atoms with Crippen LogP contribution in [0.3, 0.4) is 0 Å². The molecule has 1 amide bonds. The molecule has 5 aromatic rings. The Labute approximate surface area is 312 Å². The number of para-hydroxylation sites is 3. The number of carbonyl (C=O) groups excluding carboxylic acids is 2. The summed E-state index contributed by atoms with van der Waals surface area (Å²) in [5, 5.41) is 10.6. The second-order valence-corrected chi connectivity index (χ2v) is 15.4. The highest BCUT2D eigenvalue weighted by Gasteiger charge is 2.35. The van der Waals surface area contributed by atoms with Gasteiger partial charge in [0.25, 0.3) is 5.91 Å². The lowest BCUT2D eigenvalue weighted by atomic mass is 9.92. The summed E-state index contributed by atoms with van der Waals surface area (Å²) >= 11 is 0. The van der Waals surface area contributed by atoms with Gasteiger partial charge in [-0.1, -0.05) is 30.3 Å². The van der Waals surface area contributed by atoms with Crippen LogP contribution in [-0.4, -0.2) is 101 Å². The van der Waals surface area contributed by atoms with Crippen LogP contribution in [0.5, 0.6) is 5.75 Å². The van der Waals surface area contributed by atoms with Gasteiger partial charge < -0.3 is 29.2 Å². The van der Waals surface area contributed by atoms with E-state index in [-0.39, 0.29) is 59.8 Å². The molecule has 15 heteroatoms. The number of nitrogens with zero attached hydrogens (tertiary/aromatic N) is 4. The van der Waals surface area contributed by atoms with E-state index >= 15 is 0 Å². The number of aromatic nitrogens is 3. The Bertz CT molecular complexity index is 2350. The Kier molecular flexibility index (Phi) is 10.7. The number of carbonyl (C=O) groups is 2. The zero-order valence-electron chi connectivity index (χ0n) is 30.1. The van der Waals surface area contributed by atoms with Gasteiger partial charge in [-0.05, 0) is 66.9 Å². The fourth-order valence-corrected chi connectivity index (χ4v) is 8.87. The molecular formula is C39H43N5O9S. The molecule has 1 fully saturated rings. The number of rotatable bonds is 12. The normalized spacial score (nSPS) is 18.2. The number of likely N-dealkylation sites (tertiary alicyclic amines) is 1. The first-order valence-electron chi connectivity index (χ1n) is 17.9. The molecule has 54 heavy (non-hydrogen) atoms. The standard InChI is InChI=1S/C39H43N5O9S/c1-26(46)43-25-32(31-7-3-5-9-34(31)43)27-23-36(38(47)41-17-15-28(16-18-41)44-35-10-6-4-8-33(35)40-39(44)48)53-37(24-27)52-22-20-42(19-21-45)54(49,50)30-13-11-29(51-2)12-14-30/h3-14,23,25,27-28,37,45H,15-22,24H2,1-2H3,(H,40,48). The van der Waals surface area contributed by atoms with Crippen molar-refractivity contribution >= 4 is 43.8 Å². The van der Waals surface area contributed by atoms with Crippen LogP contribution in [0.1, 0.15) is 48.5 Å². The molecule has 0 aliphatic carbocycles. The van der Waals surface area contributed by atoms with Crippen molar-refractivity contribution in [2.45, 2.75) is 49.3 Å². The number of aliphatic hydroxyl groups is 1. The van der Waals surface area contributed by atoms with E-state index in [0.29, 0.717) is 38.1 Å². The first kappa shape index (κ1) is 37.1. The number of piperidine rings is 1. The molecule has 1 saturated heterocycles. The minimum Gasteiger partial charge on any atom is -0.497 e. The van der Waals surface area contributed by atoms with Crippen LogP contribution in [-0.2, 0) is 24.3 Å². The maximum Gasteiger partial charge on any atom is 0.326 e. The SMILES string of the molecule is COc1ccc(S(=O)(=O)N(CCO)CCOC2CC(c3cn(C(C)=O)c4ccccc34)C=C(C(=O)N3CCC(n4c(=O)[nH]c5ccccc54)CC3)O2)cc1. The number of ether oxygens (including phenoxy) is 3. The van der Waals surface area contributed by atoms with Crippen LogP contribution in [0.25, 0.3) is 21.9 Å². The summed E-state index contributed by atoms with van der Waals surface area (Å²) in [7, 11) is -2.49. The first-order valence-corrected chi connectivity index (χ1v) is 19.4. The maximum absolute atomic E-state index is 14.1. The van der Waals surface area contributed by atoms with E-state index in [0.717, 1.165) is 31.8 Å². The van der Waals surface area contributed by atoms with Crippen molar-refractivity contribution in [1.29, 1.82) is 0 Å². The summed E-state index contributed by atoms with van der Waals surface area (Å²) < 4.78 is 49.0. The summed E-state index contributed by atoms with van der Waals surface area (Å²) in [6, 6.07) is 21.0. The van der Waals surface area contributed by atoms with Crippen LogP contribution in [0, 0.1) is 0 Å². The fraction of sp³-hybridized carbons (Fsp3) is 0.359. The number of methoxy groups -OCH3 is 1. The van der Waals surface area contributed by atoms with Gasteiger partial charge in [-0.15, -0.1) is 0 Å². The van der Waals surface area contributed by atoms with Crippen molar-refractivity contribution in [3.63, 3.8) is 0 Å². The molecule has 7 rings (SSSR count). The molecule has 2 unspecified atom stereocenters. The molecule has 14 nitrogen and oxygen atoms in total. The molecule has 2 aliphatic rings. The van der Waals surface area contributed by atoms with E-state index in [2.05, 4.69) is 4.98 Å². The minimum atomic E-state index is -3.98. The van der Waals surface area contributed by atoms with E-state index in [4.69, 9.17) is 14.2 Å². The molecule has 284 valence electrons. The maximum atomic E-state index is 14.1. The third-order valence-corrected chi connectivity index (χ3v) is 12.1. The zero-order valence-corrected chi connectivity index (χ0v) is 30.9. The highest BCUT2D eigenvalue weighted by Crippen LogP contribution is 2.37. The van der Waals surface area contributed by atoms with Gasteiger partial charge in [0.1, 0.15) is 5.75 Å². The monoisotopic (exact) mass is 757 g/mol. The second kappa shape index (κ2) is 15.6. The number of imidazole rings is 1. The van der Waals surface area contributed by atoms with E-state index in [1.54, 1.807) is 38.4 Å². The van der Waals surface area contributed by atoms with Crippen LogP contribution >= 0.6 is 0 Å². The molecule has 3 aromatic carbocycles. The summed E-state index contributed by atoms with van der Waals surface area (Å²) in [5.41, 5.74) is 2.98. The Morgan fingerprint density at radius 2 is 1.69 bits per heavy atom. The average molecular weight is 758 g/mol. The zero-order chi connectivity index (χ0) is 38.0.